The zero-order valence-corrected chi connectivity index (χ0v) is 77.5. The summed E-state index contributed by atoms with van der Waals surface area (Å²) in [7, 11) is 3.97. The number of nitrogens with one attached hydrogen (secondary N) is 13. The summed E-state index contributed by atoms with van der Waals surface area (Å²) in [5.74, 6) is -17.4. The number of hydrogen-bond acceptors (Lipinski definition) is 22. The van der Waals surface area contributed by atoms with Crippen molar-refractivity contribution < 1.29 is 96.8 Å². The first-order valence-corrected chi connectivity index (χ1v) is 46.1. The number of primary amides is 2. The van der Waals surface area contributed by atoms with E-state index >= 15 is 38.4 Å². The third kappa shape index (κ3) is 28.5. The van der Waals surface area contributed by atoms with Gasteiger partial charge in [-0.25, -0.2) is 4.98 Å². The summed E-state index contributed by atoms with van der Waals surface area (Å²) in [6.07, 6.45) is 4.13. The number of para-hydroxylation sites is 2. The Hall–Kier alpha value is -13.0. The molecule has 3 aliphatic rings. The molecular weight excluding hydrogens is 1740 g/mol. The monoisotopic (exact) mass is 1870 g/mol. The summed E-state index contributed by atoms with van der Waals surface area (Å²) >= 11 is 0.797. The van der Waals surface area contributed by atoms with E-state index in [4.69, 9.17) is 11.5 Å². The number of hydrogen-bond donors (Lipinski definition) is 18. The number of aliphatic hydroxyl groups is 2. The molecule has 6 heterocycles. The molecule has 0 spiro atoms. The zero-order chi connectivity index (χ0) is 97.2. The molecule has 722 valence electrons. The molecule has 0 unspecified atom stereocenters. The average Bonchev–Trinajstić information content (AvgIpc) is 1.78. The predicted octanol–water partition coefficient (Wildman–Crippen LogP) is -1.15. The fourth-order valence-electron chi connectivity index (χ4n) is 16.7. The minimum atomic E-state index is -1.88. The number of imidazole rings is 1. The fourth-order valence-corrected chi connectivity index (χ4v) is 17.6. The van der Waals surface area contributed by atoms with Crippen molar-refractivity contribution in [2.75, 3.05) is 58.9 Å². The second-order valence-corrected chi connectivity index (χ2v) is 36.2. The number of phenolic OH excluding ortho intramolecular Hbond substituents is 1. The predicted molar refractivity (Wildman–Crippen MR) is 490 cm³/mol. The molecule has 0 radical (unpaired) electrons. The van der Waals surface area contributed by atoms with Gasteiger partial charge in [0.05, 0.1) is 37.8 Å². The number of likely N-dealkylation sites (N-methyl/N-ethyl adjacent to an activating group) is 3. The number of benzene rings is 3. The van der Waals surface area contributed by atoms with Crippen LogP contribution < -0.4 is 64.6 Å². The van der Waals surface area contributed by atoms with Crippen LogP contribution in [0, 0.1) is 11.8 Å². The number of fused-ring (bicyclic) bond motifs is 4. The van der Waals surface area contributed by atoms with E-state index in [1.807, 2.05) is 13.8 Å². The summed E-state index contributed by atoms with van der Waals surface area (Å²) in [6.45, 7) is 9.67. The lowest BCUT2D eigenvalue weighted by Crippen LogP contribution is -2.62. The maximum absolute atomic E-state index is 15.7. The maximum atomic E-state index is 15.7. The first kappa shape index (κ1) is 104. The van der Waals surface area contributed by atoms with Crippen LogP contribution in [0.1, 0.15) is 148 Å². The van der Waals surface area contributed by atoms with Gasteiger partial charge in [-0.1, -0.05) is 116 Å². The first-order chi connectivity index (χ1) is 63.3. The Bertz CT molecular complexity index is 5120. The lowest BCUT2D eigenvalue weighted by atomic mass is 9.99. The number of carbonyl (C=O) groups is 17. The Kier molecular flexibility index (Phi) is 38.2. The highest BCUT2D eigenvalue weighted by Gasteiger charge is 2.47. The lowest BCUT2D eigenvalue weighted by Gasteiger charge is -2.36. The van der Waals surface area contributed by atoms with E-state index in [1.165, 1.54) is 69.8 Å². The maximum Gasteiger partial charge on any atom is 0.246 e. The van der Waals surface area contributed by atoms with Crippen molar-refractivity contribution in [3.63, 3.8) is 0 Å². The van der Waals surface area contributed by atoms with E-state index in [0.29, 0.717) is 69.9 Å². The summed E-state index contributed by atoms with van der Waals surface area (Å²) < 4.78 is 0. The van der Waals surface area contributed by atoms with Crippen LogP contribution in [-0.4, -0.2) is 310 Å². The van der Waals surface area contributed by atoms with E-state index in [9.17, 15) is 58.5 Å². The van der Waals surface area contributed by atoms with Crippen molar-refractivity contribution in [1.82, 2.24) is 97.6 Å². The molecule has 6 aromatic rings. The number of phenols is 1. The standard InChI is InChI=1S/C91H127N21O20S/c1-11-13-24-71-84(125)100-62(32-49(3)4)80(121)107-70(79(120)97-43-76(93)117)46-133-47-77(118)99-66(34-52-27-29-56(114)30-28-52)87(128)108(8)51(7)78(119)103-68(39-75(92)116)89(130)111-31-19-26-72(111)85(126)102-64(37-55-42-94-48-98-55)82(123)104-65(33-50(5)6)90(131)112-44-57(115)38-74(112)86(127)101-63(35-53-40-95-60-22-17-15-20-58(53)60)81(122)106-69(45-113)83(124)105-67(36-54-41-96-61-23-18-16-21-59(54)61)88(129)110(10)73(25-14-12-2)91(132)109(71)9/h15-18,20-23,27-30,40-42,48-51,57,62-74,95-96,113-115H,11-14,19,24-26,31-39,43-47H2,1-10H3,(H2,92,116)(H2,93,117)(H,94,98)(H,97,120)(H,99,118)(H,100,125)(H,101,127)(H,102,126)(H,103,119)(H,104,123)(H,105,124)(H,106,122)(H,107,121)/t51-,57+,62-,63-,64-,65-,66-,67-,68-,69-,70-,71-,72-,73-,74-/m0/s1. The summed E-state index contributed by atoms with van der Waals surface area (Å²) in [4.78, 5) is 269. The quantitative estimate of drug-likeness (QED) is 0.0340. The van der Waals surface area contributed by atoms with Crippen LogP contribution in [0.4, 0.5) is 0 Å². The van der Waals surface area contributed by atoms with Gasteiger partial charge in [-0.3, -0.25) is 81.5 Å². The minimum absolute atomic E-state index is 0.0103. The molecule has 0 aliphatic carbocycles. The summed E-state index contributed by atoms with van der Waals surface area (Å²) in [5, 5.41) is 60.8. The smallest absolute Gasteiger partial charge is 0.246 e. The van der Waals surface area contributed by atoms with Gasteiger partial charge in [0, 0.05) is 118 Å². The highest BCUT2D eigenvalue weighted by molar-refractivity contribution is 8.00. The van der Waals surface area contributed by atoms with E-state index in [1.54, 1.807) is 88.6 Å². The average molecular weight is 1870 g/mol. The SMILES string of the molecule is CCCC[C@H]1C(=O)N(C)[C@@H](CCCC)C(=O)N[C@@H](CC(C)C)C(=O)N[C@H](C(=O)NCC(N)=O)CSCC(=O)N[C@@H](Cc2ccc(O)cc2)C(=O)N(C)[C@@H](C)C(=O)N[C@@H](CC(N)=O)C(=O)N2CCC[C@H]2C(=O)N[C@@H](Cc2cnc[nH]2)C(=O)N[C@@H](CC(C)C)C(=O)N2C[C@H](O)C[C@H]2C(=O)N[C@@H](Cc2c[nH]c3ccccc23)C(=O)N[C@@H](CO)C(=O)N[C@@H](Cc2c[nH]c3ccccc23)C(=O)N1C. The largest absolute Gasteiger partial charge is 0.508 e. The number of thioether (sulfide) groups is 1. The van der Waals surface area contributed by atoms with Crippen LogP contribution in [0.2, 0.25) is 0 Å². The number of aliphatic hydroxyl groups excluding tert-OH is 2. The number of carbonyl (C=O) groups excluding carboxylic acids is 17. The van der Waals surface area contributed by atoms with E-state index < -0.39 is 229 Å². The van der Waals surface area contributed by atoms with Gasteiger partial charge in [-0.05, 0) is 98.2 Å². The van der Waals surface area contributed by atoms with Gasteiger partial charge in [0.1, 0.15) is 90.3 Å². The molecular formula is C91H127N21O20S. The van der Waals surface area contributed by atoms with Crippen molar-refractivity contribution in [2.45, 2.75) is 242 Å². The number of aromatic amines is 3. The lowest BCUT2D eigenvalue weighted by molar-refractivity contribution is -0.149. The van der Waals surface area contributed by atoms with E-state index in [-0.39, 0.29) is 94.8 Å². The molecule has 3 saturated heterocycles. The number of aromatic nitrogens is 4. The number of unbranched alkanes of at least 4 members (excludes halogenated alkanes) is 2. The second kappa shape index (κ2) is 48.9. The summed E-state index contributed by atoms with van der Waals surface area (Å²) in [5.41, 5.74) is 14.2. The van der Waals surface area contributed by atoms with Gasteiger partial charge in [-0.2, -0.15) is 0 Å². The van der Waals surface area contributed by atoms with Crippen molar-refractivity contribution in [3.8, 4) is 5.75 Å². The molecule has 15 atom stereocenters. The third-order valence-electron chi connectivity index (χ3n) is 24.0. The highest BCUT2D eigenvalue weighted by atomic mass is 32.2. The van der Waals surface area contributed by atoms with Gasteiger partial charge >= 0.3 is 0 Å². The molecule has 41 nitrogen and oxygen atoms in total. The van der Waals surface area contributed by atoms with Gasteiger partial charge in [0.2, 0.25) is 100 Å². The molecule has 3 fully saturated rings. The third-order valence-corrected chi connectivity index (χ3v) is 25.1. The zero-order valence-electron chi connectivity index (χ0n) is 76.6. The number of nitrogens with zero attached hydrogens (tertiary/aromatic N) is 6. The minimum Gasteiger partial charge on any atom is -0.508 e. The molecule has 20 N–H and O–H groups in total. The topological polar surface area (TPSA) is 600 Å². The van der Waals surface area contributed by atoms with Gasteiger partial charge in [-0.15, -0.1) is 11.8 Å². The van der Waals surface area contributed by atoms with Crippen molar-refractivity contribution >= 4 is 134 Å². The first-order valence-electron chi connectivity index (χ1n) is 45.0. The molecule has 3 aliphatic heterocycles. The van der Waals surface area contributed by atoms with Crippen LogP contribution in [0.15, 0.2) is 97.7 Å². The number of amides is 17. The number of aromatic hydroxyl groups is 1. The fraction of sp³-hybridized carbons (Fsp3) is 0.538. The normalized spacial score (nSPS) is 25.1. The molecule has 9 rings (SSSR count). The summed E-state index contributed by atoms with van der Waals surface area (Å²) in [6, 6.07) is -1.71. The van der Waals surface area contributed by atoms with Crippen LogP contribution in [0.25, 0.3) is 21.8 Å². The Morgan fingerprint density at radius 3 is 1.63 bits per heavy atom. The van der Waals surface area contributed by atoms with Crippen LogP contribution in [0.5, 0.6) is 5.75 Å². The molecule has 133 heavy (non-hydrogen) atoms. The van der Waals surface area contributed by atoms with Crippen LogP contribution >= 0.6 is 11.8 Å². The van der Waals surface area contributed by atoms with E-state index in [0.717, 1.165) is 31.4 Å². The Morgan fingerprint density at radius 2 is 1.05 bits per heavy atom. The molecule has 0 bridgehead atoms. The number of H-pyrrole nitrogens is 3. The van der Waals surface area contributed by atoms with Gasteiger partial charge in [0.25, 0.3) is 0 Å². The Morgan fingerprint density at radius 1 is 0.534 bits per heavy atom. The Balaban J connectivity index is 1.09. The second-order valence-electron chi connectivity index (χ2n) is 35.1. The molecule has 0 saturated carbocycles. The van der Waals surface area contributed by atoms with E-state index in [2.05, 4.69) is 73.1 Å². The number of rotatable bonds is 24. The molecule has 3 aromatic heterocycles. The van der Waals surface area contributed by atoms with Crippen LogP contribution in [0.3, 0.4) is 0 Å². The van der Waals surface area contributed by atoms with Crippen LogP contribution in [-0.2, 0) is 107 Å². The number of nitrogens with two attached hydrogens (primary N) is 2. The van der Waals surface area contributed by atoms with Gasteiger partial charge < -0.3 is 119 Å². The van der Waals surface area contributed by atoms with Crippen molar-refractivity contribution in [1.29, 1.82) is 0 Å². The van der Waals surface area contributed by atoms with Crippen molar-refractivity contribution in [3.05, 3.63) is 120 Å². The molecule has 17 amide bonds. The van der Waals surface area contributed by atoms with Crippen molar-refractivity contribution in [2.24, 2.45) is 23.3 Å². The highest BCUT2D eigenvalue weighted by Crippen LogP contribution is 2.28. The molecule has 3 aromatic carbocycles. The molecule has 42 heteroatoms. The Labute approximate surface area is 774 Å². The van der Waals surface area contributed by atoms with Gasteiger partial charge in [0.15, 0.2) is 0 Å².